The smallest absolute Gasteiger partial charge is 0.339 e. The summed E-state index contributed by atoms with van der Waals surface area (Å²) in [6, 6.07) is 12.4. The highest BCUT2D eigenvalue weighted by molar-refractivity contribution is 5.89. The lowest BCUT2D eigenvalue weighted by molar-refractivity contribution is 0.0367. The first-order chi connectivity index (χ1) is 32.9. The van der Waals surface area contributed by atoms with E-state index in [-0.39, 0.29) is 24.0 Å². The molecular weight excluding hydrogens is 898 g/mol. The number of oxazole rings is 1. The number of hydrogen-bond donors (Lipinski definition) is 2. The third-order valence-electron chi connectivity index (χ3n) is 8.22. The van der Waals surface area contributed by atoms with Crippen LogP contribution in [0, 0.1) is 33.5 Å². The van der Waals surface area contributed by atoms with Gasteiger partial charge >= 0.3 is 11.9 Å². The number of rotatable bonds is 10. The quantitative estimate of drug-likeness (QED) is 0.121. The lowest BCUT2D eigenvalue weighted by atomic mass is 10.2. The third-order valence-corrected chi connectivity index (χ3v) is 8.22. The van der Waals surface area contributed by atoms with E-state index in [0.717, 1.165) is 34.8 Å². The van der Waals surface area contributed by atoms with E-state index in [2.05, 4.69) is 111 Å². The number of nitrogens with one attached hydrogen (secondary N) is 2. The second kappa shape index (κ2) is 32.6. The molecule has 0 saturated carbocycles. The molecule has 0 aliphatic rings. The molecule has 0 unspecified atom stereocenters. The molecule has 0 aliphatic carbocycles. The van der Waals surface area contributed by atoms with E-state index in [1.165, 1.54) is 30.5 Å². The van der Waals surface area contributed by atoms with Crippen molar-refractivity contribution in [3.63, 3.8) is 0 Å². The Balaban J connectivity index is 0.000000411. The van der Waals surface area contributed by atoms with Crippen LogP contribution in [-0.4, -0.2) is 90.3 Å². The van der Waals surface area contributed by atoms with E-state index < -0.39 is 5.97 Å². The number of esters is 2. The van der Waals surface area contributed by atoms with Crippen LogP contribution in [0.25, 0.3) is 0 Å². The Morgan fingerprint density at radius 3 is 1.69 bits per heavy atom. The fourth-order valence-corrected chi connectivity index (χ4v) is 4.96. The maximum absolute atomic E-state index is 12.5. The van der Waals surface area contributed by atoms with Gasteiger partial charge < -0.3 is 23.7 Å². The average Bonchev–Trinajstić information content (AvgIpc) is 4.15. The predicted octanol–water partition coefficient (Wildman–Crippen LogP) is 11.2. The van der Waals surface area contributed by atoms with Crippen molar-refractivity contribution in [3.05, 3.63) is 131 Å². The van der Waals surface area contributed by atoms with Crippen LogP contribution in [0.2, 0.25) is 0 Å². The number of carbonyl (C=O) groups excluding carboxylic acids is 2. The topological polar surface area (TPSA) is 233 Å². The lowest BCUT2D eigenvalue weighted by Crippen LogP contribution is -2.11. The van der Waals surface area contributed by atoms with E-state index in [9.17, 15) is 14.0 Å². The summed E-state index contributed by atoms with van der Waals surface area (Å²) in [6.07, 6.45) is 9.69. The Kier molecular flexibility index (Phi) is 28.4. The number of anilines is 1. The molecule has 7 aromatic rings. The van der Waals surface area contributed by atoms with Crippen LogP contribution < -0.4 is 5.32 Å². The number of ether oxygens (including phenoxy) is 2. The Morgan fingerprint density at radius 1 is 0.729 bits per heavy atom. The SMILES string of the molecule is CC(C)OC(=O)c1ccc(F)cc1.CC(C)OC(=O)c1cccnc1.CC(C)c1ccno1.CC(C)n1ccnn1.Cc1coc(NC(C)C)n1.Cc1nc(C(C)C)n[nH]1.Cc1nc(C)n(C(C)C)n1. The van der Waals surface area contributed by atoms with Crippen LogP contribution in [0.1, 0.15) is 176 Å². The molecule has 19 nitrogen and oxygen atoms in total. The van der Waals surface area contributed by atoms with Crippen molar-refractivity contribution in [1.29, 1.82) is 0 Å². The molecule has 2 N–H and O–H groups in total. The standard InChI is InChI=1S/C10H11FO2.C9H11NO2.C7H13N3.C7H12N2O.C6H11N3.C6H9NO.C5H9N3/c1-7(2)13-10(12)8-3-5-9(11)6-4-8;1-7(2)12-9(11)8-4-3-5-10-6-8;1-5(2)10-7(4)8-6(3)9-10;1-5(2)8-7-9-6(3)4-10-7;1-4(2)6-7-5(3)8-9-6;1-5(2)6-3-4-7-8-6;1-5(2)8-4-3-6-7-8/h3-7H,1-2H3;3-7H,1-2H3;5H,1-4H3;4-5H,1-3H3,(H,8,9);4H,1-3H3,(H,7,8,9);2*3-5H,1-2H3. The summed E-state index contributed by atoms with van der Waals surface area (Å²) in [4.78, 5) is 38.6. The highest BCUT2D eigenvalue weighted by Gasteiger charge is 2.10. The number of hydrogen-bond acceptors (Lipinski definition) is 16. The number of aromatic nitrogens is 12. The Labute approximate surface area is 412 Å². The van der Waals surface area contributed by atoms with Gasteiger partial charge in [0.25, 0.3) is 6.01 Å². The number of halogens is 1. The van der Waals surface area contributed by atoms with Crippen molar-refractivity contribution in [2.24, 2.45) is 0 Å². The van der Waals surface area contributed by atoms with Crippen molar-refractivity contribution in [3.8, 4) is 0 Å². The van der Waals surface area contributed by atoms with Gasteiger partial charge in [-0.1, -0.05) is 38.1 Å². The molecule has 0 spiro atoms. The van der Waals surface area contributed by atoms with Crippen LogP contribution in [-0.2, 0) is 9.47 Å². The van der Waals surface area contributed by atoms with Gasteiger partial charge in [-0.25, -0.2) is 28.6 Å². The summed E-state index contributed by atoms with van der Waals surface area (Å²) in [5.41, 5.74) is 1.77. The number of aryl methyl sites for hydroxylation is 4. The summed E-state index contributed by atoms with van der Waals surface area (Å²) in [5.74, 6) is 4.36. The van der Waals surface area contributed by atoms with Crippen LogP contribution in [0.15, 0.2) is 88.7 Å². The van der Waals surface area contributed by atoms with Gasteiger partial charge in [0, 0.05) is 54.6 Å². The first kappa shape index (κ1) is 60.9. The molecule has 0 fully saturated rings. The third kappa shape index (κ3) is 26.4. The fraction of sp³-hybridized carbons (Fsp3) is 0.500. The molecule has 0 saturated heterocycles. The van der Waals surface area contributed by atoms with Crippen molar-refractivity contribution < 1.29 is 32.4 Å². The van der Waals surface area contributed by atoms with E-state index in [0.29, 0.717) is 47.1 Å². The van der Waals surface area contributed by atoms with E-state index >= 15 is 0 Å². The van der Waals surface area contributed by atoms with Crippen molar-refractivity contribution in [2.45, 2.75) is 167 Å². The highest BCUT2D eigenvalue weighted by Crippen LogP contribution is 2.12. The second-order valence-electron chi connectivity index (χ2n) is 17.5. The molecule has 384 valence electrons. The van der Waals surface area contributed by atoms with Crippen LogP contribution >= 0.6 is 0 Å². The molecule has 0 radical (unpaired) electrons. The van der Waals surface area contributed by atoms with Gasteiger partial charge in [0.15, 0.2) is 5.82 Å². The summed E-state index contributed by atoms with van der Waals surface area (Å²) in [7, 11) is 0. The zero-order chi connectivity index (χ0) is 52.9. The number of benzene rings is 1. The molecule has 7 rings (SSSR count). The second-order valence-corrected chi connectivity index (χ2v) is 17.5. The van der Waals surface area contributed by atoms with Gasteiger partial charge in [-0.2, -0.15) is 15.2 Å². The first-order valence-corrected chi connectivity index (χ1v) is 23.2. The van der Waals surface area contributed by atoms with Gasteiger partial charge in [-0.15, -0.1) is 5.10 Å². The average molecular weight is 974 g/mol. The highest BCUT2D eigenvalue weighted by atomic mass is 19.1. The molecule has 0 aliphatic heterocycles. The summed E-state index contributed by atoms with van der Waals surface area (Å²) < 4.78 is 36.0. The molecule has 6 aromatic heterocycles. The van der Waals surface area contributed by atoms with E-state index in [4.69, 9.17) is 18.4 Å². The van der Waals surface area contributed by atoms with Gasteiger partial charge in [0.2, 0.25) is 0 Å². The zero-order valence-electron chi connectivity index (χ0n) is 44.3. The Bertz CT molecular complexity index is 2370. The van der Waals surface area contributed by atoms with Gasteiger partial charge in [-0.3, -0.25) is 14.8 Å². The molecule has 0 bridgehead atoms. The van der Waals surface area contributed by atoms with Crippen LogP contribution in [0.3, 0.4) is 0 Å². The minimum absolute atomic E-state index is 0.0855. The minimum atomic E-state index is -0.421. The van der Waals surface area contributed by atoms with E-state index in [1.807, 2.05) is 72.3 Å². The molecule has 0 amide bonds. The summed E-state index contributed by atoms with van der Waals surface area (Å²) in [6.45, 7) is 35.5. The molecule has 70 heavy (non-hydrogen) atoms. The normalized spacial score (nSPS) is 10.4. The van der Waals surface area contributed by atoms with Crippen molar-refractivity contribution >= 4 is 18.0 Å². The molecule has 1 aromatic carbocycles. The zero-order valence-corrected chi connectivity index (χ0v) is 44.3. The van der Waals surface area contributed by atoms with Crippen LogP contribution in [0.4, 0.5) is 10.4 Å². The fourth-order valence-electron chi connectivity index (χ4n) is 4.96. The monoisotopic (exact) mass is 974 g/mol. The van der Waals surface area contributed by atoms with Crippen LogP contribution in [0.5, 0.6) is 0 Å². The van der Waals surface area contributed by atoms with Crippen molar-refractivity contribution in [1.82, 2.24) is 60.1 Å². The van der Waals surface area contributed by atoms with Gasteiger partial charge in [-0.05, 0) is 133 Å². The molecule has 6 heterocycles. The maximum atomic E-state index is 12.5. The molecule has 0 atom stereocenters. The summed E-state index contributed by atoms with van der Waals surface area (Å²) >= 11 is 0. The van der Waals surface area contributed by atoms with Gasteiger partial charge in [0.1, 0.15) is 35.3 Å². The number of aromatic amines is 1. The van der Waals surface area contributed by atoms with E-state index in [1.54, 1.807) is 55.5 Å². The molecular formula is C50H76FN13O6. The Hall–Kier alpha value is -7.12. The predicted molar refractivity (Wildman–Crippen MR) is 268 cm³/mol. The largest absolute Gasteiger partial charge is 0.459 e. The number of nitrogens with zero attached hydrogens (tertiary/aromatic N) is 11. The molecule has 20 heteroatoms. The van der Waals surface area contributed by atoms with Crippen molar-refractivity contribution in [2.75, 3.05) is 5.32 Å². The number of pyridine rings is 1. The summed E-state index contributed by atoms with van der Waals surface area (Å²) in [5, 5.41) is 25.0. The number of carbonyl (C=O) groups is 2. The minimum Gasteiger partial charge on any atom is -0.459 e. The Morgan fingerprint density at radius 2 is 1.36 bits per heavy atom. The number of H-pyrrole nitrogens is 1. The maximum Gasteiger partial charge on any atom is 0.339 e. The lowest BCUT2D eigenvalue weighted by Gasteiger charge is -2.07. The first-order valence-electron chi connectivity index (χ1n) is 23.2. The van der Waals surface area contributed by atoms with Gasteiger partial charge in [0.05, 0.1) is 41.4 Å².